The number of halogens is 1. The number of likely N-dealkylation sites (tertiary alicyclic amines) is 1. The summed E-state index contributed by atoms with van der Waals surface area (Å²) in [5.74, 6) is -0.863. The molecule has 2 aromatic carbocycles. The van der Waals surface area contributed by atoms with Gasteiger partial charge >= 0.3 is 0 Å². The van der Waals surface area contributed by atoms with Crippen molar-refractivity contribution in [3.05, 3.63) is 75.5 Å². The number of hydrogen-bond acceptors (Lipinski definition) is 7. The van der Waals surface area contributed by atoms with Crippen LogP contribution in [0.25, 0.3) is 10.8 Å². The summed E-state index contributed by atoms with van der Waals surface area (Å²) in [6.45, 7) is 8.19. The van der Waals surface area contributed by atoms with E-state index in [2.05, 4.69) is 25.3 Å². The molecule has 6 rings (SSSR count). The fourth-order valence-electron chi connectivity index (χ4n) is 6.46. The summed E-state index contributed by atoms with van der Waals surface area (Å²) in [6, 6.07) is 12.3. The molecule has 0 bridgehead atoms. The Labute approximate surface area is 244 Å². The van der Waals surface area contributed by atoms with E-state index in [1.165, 1.54) is 6.07 Å². The van der Waals surface area contributed by atoms with Crippen molar-refractivity contribution in [1.82, 2.24) is 35.1 Å². The molecule has 0 unspecified atom stereocenters. The SMILES string of the molecule is O=C(CN1CCC(N2CCNCC2)CC1)N1CCN(C(=O)c2cc(Cc3n[nH]c(=O)c4ccccc34)ccc2F)CC1. The van der Waals surface area contributed by atoms with Gasteiger partial charge in [0.15, 0.2) is 0 Å². The van der Waals surface area contributed by atoms with E-state index in [9.17, 15) is 18.8 Å². The molecule has 10 nitrogen and oxygen atoms in total. The van der Waals surface area contributed by atoms with Crippen molar-refractivity contribution in [1.29, 1.82) is 0 Å². The molecule has 0 saturated carbocycles. The van der Waals surface area contributed by atoms with E-state index in [0.717, 1.165) is 63.1 Å². The lowest BCUT2D eigenvalue weighted by molar-refractivity contribution is -0.134. The number of amides is 2. The largest absolute Gasteiger partial charge is 0.338 e. The smallest absolute Gasteiger partial charge is 0.272 e. The van der Waals surface area contributed by atoms with Crippen LogP contribution in [0.15, 0.2) is 47.3 Å². The number of nitrogens with one attached hydrogen (secondary N) is 2. The van der Waals surface area contributed by atoms with Crippen LogP contribution in [0.5, 0.6) is 0 Å². The molecular formula is C31H38FN7O3. The maximum atomic E-state index is 14.8. The van der Waals surface area contributed by atoms with Crippen LogP contribution in [-0.4, -0.2) is 120 Å². The molecule has 11 heteroatoms. The van der Waals surface area contributed by atoms with E-state index in [-0.39, 0.29) is 22.9 Å². The normalized spacial score (nSPS) is 19.4. The maximum Gasteiger partial charge on any atom is 0.272 e. The van der Waals surface area contributed by atoms with Crippen LogP contribution in [0, 0.1) is 5.82 Å². The van der Waals surface area contributed by atoms with Gasteiger partial charge in [-0.3, -0.25) is 24.2 Å². The molecule has 3 aliphatic heterocycles. The highest BCUT2D eigenvalue weighted by Gasteiger charge is 2.30. The van der Waals surface area contributed by atoms with Gasteiger partial charge in [-0.05, 0) is 36.6 Å². The van der Waals surface area contributed by atoms with E-state index < -0.39 is 5.82 Å². The zero-order valence-corrected chi connectivity index (χ0v) is 23.9. The Hall–Kier alpha value is -3.67. The van der Waals surface area contributed by atoms with Crippen LogP contribution in [0.1, 0.15) is 34.5 Å². The van der Waals surface area contributed by atoms with E-state index in [1.807, 2.05) is 17.0 Å². The molecule has 2 amide bonds. The summed E-state index contributed by atoms with van der Waals surface area (Å²) < 4.78 is 14.8. The van der Waals surface area contributed by atoms with Crippen LogP contribution in [0.3, 0.4) is 0 Å². The number of fused-ring (bicyclic) bond motifs is 1. The number of H-pyrrole nitrogens is 1. The first-order valence-corrected chi connectivity index (χ1v) is 14.9. The number of piperazine rings is 2. The van der Waals surface area contributed by atoms with Gasteiger partial charge in [-0.2, -0.15) is 5.10 Å². The zero-order chi connectivity index (χ0) is 29.1. The van der Waals surface area contributed by atoms with Crippen molar-refractivity contribution in [3.8, 4) is 0 Å². The molecule has 0 spiro atoms. The van der Waals surface area contributed by atoms with Gasteiger partial charge in [-0.15, -0.1) is 0 Å². The van der Waals surface area contributed by atoms with Crippen LogP contribution >= 0.6 is 0 Å². The first-order valence-electron chi connectivity index (χ1n) is 14.9. The molecule has 0 aliphatic carbocycles. The predicted octanol–water partition coefficient (Wildman–Crippen LogP) is 1.31. The van der Waals surface area contributed by atoms with Gasteiger partial charge in [0.25, 0.3) is 11.5 Å². The number of benzene rings is 2. The monoisotopic (exact) mass is 575 g/mol. The number of piperidine rings is 1. The van der Waals surface area contributed by atoms with Crippen molar-refractivity contribution in [2.24, 2.45) is 0 Å². The second-order valence-electron chi connectivity index (χ2n) is 11.5. The second-order valence-corrected chi connectivity index (χ2v) is 11.5. The molecular weight excluding hydrogens is 537 g/mol. The first kappa shape index (κ1) is 28.4. The molecule has 3 saturated heterocycles. The Morgan fingerprint density at radius 1 is 0.881 bits per heavy atom. The van der Waals surface area contributed by atoms with Gasteiger partial charge in [0.1, 0.15) is 5.82 Å². The molecule has 3 aliphatic rings. The third-order valence-corrected chi connectivity index (χ3v) is 8.91. The van der Waals surface area contributed by atoms with E-state index >= 15 is 0 Å². The fraction of sp³-hybridized carbons (Fsp3) is 0.484. The van der Waals surface area contributed by atoms with Crippen LogP contribution in [0.4, 0.5) is 4.39 Å². The summed E-state index contributed by atoms with van der Waals surface area (Å²) in [5.41, 5.74) is 1.11. The second kappa shape index (κ2) is 12.7. The van der Waals surface area contributed by atoms with Gasteiger partial charge in [-0.25, -0.2) is 9.49 Å². The third kappa shape index (κ3) is 6.23. The number of carbonyl (C=O) groups excluding carboxylic acids is 2. The average Bonchev–Trinajstić information content (AvgIpc) is 3.04. The van der Waals surface area contributed by atoms with Crippen molar-refractivity contribution in [3.63, 3.8) is 0 Å². The highest BCUT2D eigenvalue weighted by atomic mass is 19.1. The third-order valence-electron chi connectivity index (χ3n) is 8.91. The molecule has 222 valence electrons. The predicted molar refractivity (Wildman–Crippen MR) is 158 cm³/mol. The molecule has 0 atom stereocenters. The minimum Gasteiger partial charge on any atom is -0.338 e. The van der Waals surface area contributed by atoms with Gasteiger partial charge in [0, 0.05) is 83.3 Å². The number of carbonyl (C=O) groups is 2. The quantitative estimate of drug-likeness (QED) is 0.457. The fourth-order valence-corrected chi connectivity index (χ4v) is 6.46. The lowest BCUT2D eigenvalue weighted by Gasteiger charge is -2.41. The van der Waals surface area contributed by atoms with Crippen molar-refractivity contribution < 1.29 is 14.0 Å². The van der Waals surface area contributed by atoms with Gasteiger partial charge < -0.3 is 15.1 Å². The molecule has 3 aromatic rings. The summed E-state index contributed by atoms with van der Waals surface area (Å²) in [7, 11) is 0. The Kier molecular flexibility index (Phi) is 8.59. The highest BCUT2D eigenvalue weighted by Crippen LogP contribution is 2.21. The van der Waals surface area contributed by atoms with Gasteiger partial charge in [0.2, 0.25) is 5.91 Å². The molecule has 4 heterocycles. The first-order chi connectivity index (χ1) is 20.5. The van der Waals surface area contributed by atoms with E-state index in [4.69, 9.17) is 0 Å². The van der Waals surface area contributed by atoms with Crippen LogP contribution in [-0.2, 0) is 11.2 Å². The molecule has 1 aromatic heterocycles. The zero-order valence-electron chi connectivity index (χ0n) is 23.9. The van der Waals surface area contributed by atoms with Crippen molar-refractivity contribution in [2.75, 3.05) is 72.0 Å². The summed E-state index contributed by atoms with van der Waals surface area (Å²) in [6.07, 6.45) is 2.52. The van der Waals surface area contributed by atoms with Crippen molar-refractivity contribution in [2.45, 2.75) is 25.3 Å². The Bertz CT molecular complexity index is 1490. The minimum absolute atomic E-state index is 0.00774. The Morgan fingerprint density at radius 2 is 1.57 bits per heavy atom. The summed E-state index contributed by atoms with van der Waals surface area (Å²) in [4.78, 5) is 46.8. The lowest BCUT2D eigenvalue weighted by Crippen LogP contribution is -2.55. The number of aromatic amines is 1. The maximum absolute atomic E-state index is 14.8. The molecule has 2 N–H and O–H groups in total. The number of aromatic nitrogens is 2. The molecule has 3 fully saturated rings. The highest BCUT2D eigenvalue weighted by molar-refractivity contribution is 5.95. The van der Waals surface area contributed by atoms with Gasteiger partial charge in [-0.1, -0.05) is 24.3 Å². The molecule has 0 radical (unpaired) electrons. The number of rotatable bonds is 6. The molecule has 42 heavy (non-hydrogen) atoms. The minimum atomic E-state index is -0.578. The number of nitrogens with zero attached hydrogens (tertiary/aromatic N) is 5. The van der Waals surface area contributed by atoms with E-state index in [0.29, 0.717) is 56.3 Å². The Balaban J connectivity index is 1.03. The van der Waals surface area contributed by atoms with Crippen LogP contribution < -0.4 is 10.9 Å². The van der Waals surface area contributed by atoms with Gasteiger partial charge in [0.05, 0.1) is 23.2 Å². The summed E-state index contributed by atoms with van der Waals surface area (Å²) in [5, 5.41) is 11.4. The summed E-state index contributed by atoms with van der Waals surface area (Å²) >= 11 is 0. The topological polar surface area (TPSA) is 105 Å². The number of hydrogen-bond donors (Lipinski definition) is 2. The standard InChI is InChI=1S/C31H38FN7O3/c32-27-6-5-22(20-28-24-3-1-2-4-25(24)30(41)35-34-28)19-26(27)31(42)39-17-15-38(16-18-39)29(40)21-36-11-7-23(8-12-36)37-13-9-33-10-14-37/h1-6,19,23,33H,7-18,20-21H2,(H,35,41). The Morgan fingerprint density at radius 3 is 2.31 bits per heavy atom. The van der Waals surface area contributed by atoms with E-state index in [1.54, 1.807) is 29.2 Å². The van der Waals surface area contributed by atoms with Crippen molar-refractivity contribution >= 4 is 22.6 Å². The lowest BCUT2D eigenvalue weighted by atomic mass is 10.0. The average molecular weight is 576 g/mol. The van der Waals surface area contributed by atoms with Crippen LogP contribution in [0.2, 0.25) is 0 Å².